The number of benzene rings is 1. The van der Waals surface area contributed by atoms with Crippen molar-refractivity contribution in [3.63, 3.8) is 0 Å². The maximum absolute atomic E-state index is 9.54. The van der Waals surface area contributed by atoms with Gasteiger partial charge in [-0.25, -0.2) is 0 Å². The number of aliphatic hydroxyl groups excluding tert-OH is 1. The van der Waals surface area contributed by atoms with E-state index in [-0.39, 0.29) is 6.61 Å². The quantitative estimate of drug-likeness (QED) is 0.823. The van der Waals surface area contributed by atoms with Crippen molar-refractivity contribution in [2.75, 3.05) is 20.3 Å². The van der Waals surface area contributed by atoms with Gasteiger partial charge in [-0.15, -0.1) is 0 Å². The van der Waals surface area contributed by atoms with Gasteiger partial charge < -0.3 is 14.6 Å². The number of methoxy groups -OCH3 is 1. The fourth-order valence-corrected chi connectivity index (χ4v) is 2.73. The molecule has 0 aliphatic carbocycles. The van der Waals surface area contributed by atoms with Crippen molar-refractivity contribution in [1.29, 1.82) is 0 Å². The highest BCUT2D eigenvalue weighted by Crippen LogP contribution is 2.25. The summed E-state index contributed by atoms with van der Waals surface area (Å²) in [5.41, 5.74) is 1.18. The fourth-order valence-electron chi connectivity index (χ4n) is 2.73. The van der Waals surface area contributed by atoms with Gasteiger partial charge in [-0.3, -0.25) is 0 Å². The molecule has 3 heteroatoms. The van der Waals surface area contributed by atoms with Crippen LogP contribution in [0.15, 0.2) is 24.3 Å². The summed E-state index contributed by atoms with van der Waals surface area (Å²) >= 11 is 0. The monoisotopic (exact) mass is 264 g/mol. The van der Waals surface area contributed by atoms with E-state index in [1.54, 1.807) is 7.11 Å². The Balaban J connectivity index is 1.86. The summed E-state index contributed by atoms with van der Waals surface area (Å²) < 4.78 is 11.0. The zero-order valence-corrected chi connectivity index (χ0v) is 11.7. The Morgan fingerprint density at radius 2 is 2.26 bits per heavy atom. The van der Waals surface area contributed by atoms with E-state index in [4.69, 9.17) is 9.47 Å². The molecule has 3 nitrogen and oxygen atoms in total. The van der Waals surface area contributed by atoms with Gasteiger partial charge in [-0.05, 0) is 49.7 Å². The number of para-hydroxylation sites is 1. The van der Waals surface area contributed by atoms with Crippen LogP contribution < -0.4 is 4.74 Å². The second-order valence-electron chi connectivity index (χ2n) is 5.28. The molecule has 1 aromatic rings. The number of hydrogen-bond acceptors (Lipinski definition) is 3. The first-order valence-corrected chi connectivity index (χ1v) is 7.18. The fraction of sp³-hybridized carbons (Fsp3) is 0.625. The Hall–Kier alpha value is -1.06. The Bertz CT molecular complexity index is 372. The predicted molar refractivity (Wildman–Crippen MR) is 75.5 cm³/mol. The second kappa shape index (κ2) is 7.51. The molecule has 1 fully saturated rings. The lowest BCUT2D eigenvalue weighted by Gasteiger charge is -2.18. The Kier molecular flexibility index (Phi) is 5.67. The molecule has 106 valence electrons. The molecule has 2 unspecified atom stereocenters. The van der Waals surface area contributed by atoms with Crippen molar-refractivity contribution in [1.82, 2.24) is 0 Å². The van der Waals surface area contributed by atoms with E-state index in [1.165, 1.54) is 18.4 Å². The van der Waals surface area contributed by atoms with Crippen LogP contribution in [0.2, 0.25) is 0 Å². The molecule has 2 rings (SSSR count). The SMILES string of the molecule is COc1ccccc1CC(CO)CCC1CCCO1. The van der Waals surface area contributed by atoms with Crippen LogP contribution in [0, 0.1) is 5.92 Å². The lowest BCUT2D eigenvalue weighted by molar-refractivity contribution is 0.0931. The van der Waals surface area contributed by atoms with Gasteiger partial charge in [0.05, 0.1) is 13.2 Å². The van der Waals surface area contributed by atoms with Gasteiger partial charge >= 0.3 is 0 Å². The number of ether oxygens (including phenoxy) is 2. The Morgan fingerprint density at radius 3 is 2.95 bits per heavy atom. The molecule has 1 saturated heterocycles. The maximum atomic E-state index is 9.54. The molecule has 1 N–H and O–H groups in total. The molecule has 19 heavy (non-hydrogen) atoms. The van der Waals surface area contributed by atoms with Crippen LogP contribution in [-0.2, 0) is 11.2 Å². The summed E-state index contributed by atoms with van der Waals surface area (Å²) in [6.45, 7) is 1.13. The van der Waals surface area contributed by atoms with E-state index in [0.717, 1.165) is 31.6 Å². The van der Waals surface area contributed by atoms with Gasteiger partial charge in [0, 0.05) is 13.2 Å². The minimum atomic E-state index is 0.227. The molecule has 0 bridgehead atoms. The van der Waals surface area contributed by atoms with Crippen LogP contribution in [0.25, 0.3) is 0 Å². The third-order valence-corrected chi connectivity index (χ3v) is 3.88. The molecule has 0 aromatic heterocycles. The summed E-state index contributed by atoms with van der Waals surface area (Å²) in [4.78, 5) is 0. The average Bonchev–Trinajstić information content (AvgIpc) is 2.97. The first-order chi connectivity index (χ1) is 9.33. The summed E-state index contributed by atoms with van der Waals surface area (Å²) in [6.07, 6.45) is 5.70. The lowest BCUT2D eigenvalue weighted by Crippen LogP contribution is -2.14. The van der Waals surface area contributed by atoms with E-state index in [1.807, 2.05) is 18.2 Å². The summed E-state index contributed by atoms with van der Waals surface area (Å²) in [5, 5.41) is 9.54. The molecule has 0 spiro atoms. The molecule has 0 saturated carbocycles. The summed E-state index contributed by atoms with van der Waals surface area (Å²) in [5.74, 6) is 1.21. The van der Waals surface area contributed by atoms with Gasteiger partial charge in [-0.2, -0.15) is 0 Å². The molecule has 0 radical (unpaired) electrons. The molecule has 1 aromatic carbocycles. The van der Waals surface area contributed by atoms with Gasteiger partial charge in [-0.1, -0.05) is 18.2 Å². The van der Waals surface area contributed by atoms with Crippen LogP contribution in [0.3, 0.4) is 0 Å². The van der Waals surface area contributed by atoms with E-state index in [0.29, 0.717) is 12.0 Å². The highest BCUT2D eigenvalue weighted by molar-refractivity contribution is 5.33. The largest absolute Gasteiger partial charge is 0.496 e. The third-order valence-electron chi connectivity index (χ3n) is 3.88. The minimum Gasteiger partial charge on any atom is -0.496 e. The summed E-state index contributed by atoms with van der Waals surface area (Å²) in [6, 6.07) is 8.05. The molecule has 1 aliphatic heterocycles. The first-order valence-electron chi connectivity index (χ1n) is 7.18. The molecule has 2 atom stereocenters. The first kappa shape index (κ1) is 14.4. The van der Waals surface area contributed by atoms with Crippen molar-refractivity contribution < 1.29 is 14.6 Å². The van der Waals surface area contributed by atoms with Gasteiger partial charge in [0.25, 0.3) is 0 Å². The van der Waals surface area contributed by atoms with Crippen molar-refractivity contribution in [3.8, 4) is 5.75 Å². The smallest absolute Gasteiger partial charge is 0.122 e. The molecule has 0 amide bonds. The third kappa shape index (κ3) is 4.22. The average molecular weight is 264 g/mol. The predicted octanol–water partition coefficient (Wildman–Crippen LogP) is 2.81. The van der Waals surface area contributed by atoms with Crippen LogP contribution in [0.4, 0.5) is 0 Å². The summed E-state index contributed by atoms with van der Waals surface area (Å²) in [7, 11) is 1.69. The Labute approximate surface area is 115 Å². The van der Waals surface area contributed by atoms with E-state index in [2.05, 4.69) is 6.07 Å². The van der Waals surface area contributed by atoms with Crippen molar-refractivity contribution in [3.05, 3.63) is 29.8 Å². The van der Waals surface area contributed by atoms with E-state index >= 15 is 0 Å². The van der Waals surface area contributed by atoms with Crippen molar-refractivity contribution in [2.45, 2.75) is 38.2 Å². The van der Waals surface area contributed by atoms with E-state index < -0.39 is 0 Å². The molecular formula is C16H24O3. The number of aliphatic hydroxyl groups is 1. The molecule has 1 aliphatic rings. The van der Waals surface area contributed by atoms with Gasteiger partial charge in [0.1, 0.15) is 5.75 Å². The second-order valence-corrected chi connectivity index (χ2v) is 5.28. The molecular weight excluding hydrogens is 240 g/mol. The van der Waals surface area contributed by atoms with Crippen LogP contribution >= 0.6 is 0 Å². The number of rotatable bonds is 7. The Morgan fingerprint density at radius 1 is 1.42 bits per heavy atom. The standard InChI is InChI=1S/C16H24O3/c1-18-16-7-3-2-5-14(16)11-13(12-17)8-9-15-6-4-10-19-15/h2-3,5,7,13,15,17H,4,6,8-12H2,1H3. The zero-order chi connectivity index (χ0) is 13.5. The van der Waals surface area contributed by atoms with Crippen molar-refractivity contribution >= 4 is 0 Å². The normalized spacial score (nSPS) is 20.4. The van der Waals surface area contributed by atoms with Crippen LogP contribution in [0.5, 0.6) is 5.75 Å². The minimum absolute atomic E-state index is 0.227. The van der Waals surface area contributed by atoms with Crippen molar-refractivity contribution in [2.24, 2.45) is 5.92 Å². The van der Waals surface area contributed by atoms with Gasteiger partial charge in [0.15, 0.2) is 0 Å². The van der Waals surface area contributed by atoms with Crippen LogP contribution in [-0.4, -0.2) is 31.5 Å². The van der Waals surface area contributed by atoms with Gasteiger partial charge in [0.2, 0.25) is 0 Å². The lowest BCUT2D eigenvalue weighted by atomic mass is 9.93. The highest BCUT2D eigenvalue weighted by Gasteiger charge is 2.18. The highest BCUT2D eigenvalue weighted by atomic mass is 16.5. The number of hydrogen-bond donors (Lipinski definition) is 1. The zero-order valence-electron chi connectivity index (χ0n) is 11.7. The van der Waals surface area contributed by atoms with E-state index in [9.17, 15) is 5.11 Å². The van der Waals surface area contributed by atoms with Crippen LogP contribution in [0.1, 0.15) is 31.2 Å². The topological polar surface area (TPSA) is 38.7 Å². The molecule has 1 heterocycles. The maximum Gasteiger partial charge on any atom is 0.122 e.